The number of hydrogen-bond donors (Lipinski definition) is 3. The third-order valence-corrected chi connectivity index (χ3v) is 3.65. The molecule has 0 aromatic carbocycles. The number of nitrogens with two attached hydrogens (primary N) is 2. The molecule has 0 aliphatic heterocycles. The van der Waals surface area contributed by atoms with Crippen molar-refractivity contribution in [2.45, 2.75) is 26.8 Å². The van der Waals surface area contributed by atoms with Gasteiger partial charge in [-0.2, -0.15) is 12.6 Å². The lowest BCUT2D eigenvalue weighted by Gasteiger charge is -2.39. The van der Waals surface area contributed by atoms with Gasteiger partial charge in [-0.1, -0.05) is 18.6 Å². The minimum absolute atomic E-state index is 0.00583. The summed E-state index contributed by atoms with van der Waals surface area (Å²) >= 11 is 4.33. The zero-order valence-electron chi connectivity index (χ0n) is 8.46. The molecule has 0 aromatic heterocycles. The average Bonchev–Trinajstić information content (AvgIpc) is 2.12. The Balaban J connectivity index is 3.20. The van der Waals surface area contributed by atoms with Gasteiger partial charge in [0.15, 0.2) is 0 Å². The molecule has 0 heterocycles. The van der Waals surface area contributed by atoms with E-state index in [2.05, 4.69) is 25.6 Å². The van der Waals surface area contributed by atoms with Crippen molar-refractivity contribution in [1.82, 2.24) is 0 Å². The van der Waals surface area contributed by atoms with Crippen LogP contribution >= 0.6 is 12.6 Å². The molecule has 1 aliphatic carbocycles. The molecule has 4 N–H and O–H groups in total. The van der Waals surface area contributed by atoms with Gasteiger partial charge in [-0.25, -0.2) is 0 Å². The van der Waals surface area contributed by atoms with Crippen LogP contribution in [0.3, 0.4) is 0 Å². The third kappa shape index (κ3) is 1.51. The minimum Gasteiger partial charge on any atom is -0.401 e. The average molecular weight is 198 g/mol. The molecule has 0 bridgehead atoms. The van der Waals surface area contributed by atoms with Gasteiger partial charge in [-0.15, -0.1) is 0 Å². The van der Waals surface area contributed by atoms with Gasteiger partial charge in [-0.05, 0) is 19.4 Å². The second-order valence-corrected chi connectivity index (χ2v) is 4.35. The molecule has 0 saturated carbocycles. The molecule has 74 valence electrons. The Hall–Kier alpha value is -0.410. The van der Waals surface area contributed by atoms with Gasteiger partial charge in [0.25, 0.3) is 0 Å². The van der Waals surface area contributed by atoms with Crippen LogP contribution in [0.25, 0.3) is 0 Å². The molecule has 2 atom stereocenters. The van der Waals surface area contributed by atoms with Crippen LogP contribution in [0, 0.1) is 5.41 Å². The Bertz CT molecular complexity index is 281. The molecule has 0 spiro atoms. The van der Waals surface area contributed by atoms with E-state index >= 15 is 0 Å². The summed E-state index contributed by atoms with van der Waals surface area (Å²) in [7, 11) is 0. The van der Waals surface area contributed by atoms with Crippen LogP contribution in [0.2, 0.25) is 0 Å². The maximum Gasteiger partial charge on any atom is 0.0372 e. The quantitative estimate of drug-likeness (QED) is 0.558. The standard InChI is InChI=1S/C10H18N2S/c1-6-4-7(2)9(12)10(3,5-13)8(6)11/h4,8,13H,5,11-12H2,1-3H3. The summed E-state index contributed by atoms with van der Waals surface area (Å²) in [6, 6.07) is -0.00583. The van der Waals surface area contributed by atoms with Crippen molar-refractivity contribution in [2.75, 3.05) is 5.75 Å². The molecule has 0 aromatic rings. The van der Waals surface area contributed by atoms with Crippen LogP contribution in [0.1, 0.15) is 20.8 Å². The summed E-state index contributed by atoms with van der Waals surface area (Å²) in [5, 5.41) is 0. The molecular weight excluding hydrogens is 180 g/mol. The van der Waals surface area contributed by atoms with E-state index in [0.29, 0.717) is 5.75 Å². The summed E-state index contributed by atoms with van der Waals surface area (Å²) in [4.78, 5) is 0. The normalized spacial score (nSPS) is 34.8. The van der Waals surface area contributed by atoms with Crippen LogP contribution in [-0.4, -0.2) is 11.8 Å². The molecule has 1 rings (SSSR count). The summed E-state index contributed by atoms with van der Waals surface area (Å²) < 4.78 is 0. The van der Waals surface area contributed by atoms with Crippen LogP contribution in [0.4, 0.5) is 0 Å². The highest BCUT2D eigenvalue weighted by molar-refractivity contribution is 7.80. The molecule has 13 heavy (non-hydrogen) atoms. The lowest BCUT2D eigenvalue weighted by Crippen LogP contribution is -2.47. The van der Waals surface area contributed by atoms with Crippen LogP contribution < -0.4 is 11.5 Å². The van der Waals surface area contributed by atoms with E-state index < -0.39 is 0 Å². The van der Waals surface area contributed by atoms with Gasteiger partial charge in [0.05, 0.1) is 0 Å². The summed E-state index contributed by atoms with van der Waals surface area (Å²) in [6.45, 7) is 6.13. The van der Waals surface area contributed by atoms with E-state index in [1.54, 1.807) is 0 Å². The zero-order chi connectivity index (χ0) is 10.2. The molecule has 2 unspecified atom stereocenters. The second-order valence-electron chi connectivity index (χ2n) is 4.04. The minimum atomic E-state index is -0.188. The number of rotatable bonds is 1. The van der Waals surface area contributed by atoms with E-state index in [4.69, 9.17) is 11.5 Å². The van der Waals surface area contributed by atoms with Crippen molar-refractivity contribution in [3.8, 4) is 0 Å². The SMILES string of the molecule is CC1=CC(C)=C(N)C(C)(CS)C1N. The van der Waals surface area contributed by atoms with Gasteiger partial charge >= 0.3 is 0 Å². The molecule has 1 aliphatic rings. The molecule has 0 saturated heterocycles. The largest absolute Gasteiger partial charge is 0.401 e. The first-order chi connectivity index (χ1) is 5.93. The van der Waals surface area contributed by atoms with E-state index in [1.807, 2.05) is 13.8 Å². The Morgan fingerprint density at radius 3 is 2.54 bits per heavy atom. The van der Waals surface area contributed by atoms with E-state index in [0.717, 1.165) is 11.3 Å². The van der Waals surface area contributed by atoms with Crippen LogP contribution in [-0.2, 0) is 0 Å². The molecule has 3 heteroatoms. The van der Waals surface area contributed by atoms with Crippen molar-refractivity contribution >= 4 is 12.6 Å². The highest BCUT2D eigenvalue weighted by Crippen LogP contribution is 2.37. The molecule has 0 radical (unpaired) electrons. The fourth-order valence-electron chi connectivity index (χ4n) is 1.81. The van der Waals surface area contributed by atoms with Crippen molar-refractivity contribution in [1.29, 1.82) is 0 Å². The predicted octanol–water partition coefficient (Wildman–Crippen LogP) is 1.44. The Kier molecular flexibility index (Phi) is 2.78. The summed E-state index contributed by atoms with van der Waals surface area (Å²) in [5.74, 6) is 0.683. The number of allylic oxidation sites excluding steroid dienone is 2. The first-order valence-corrected chi connectivity index (χ1v) is 5.08. The molecule has 2 nitrogen and oxygen atoms in total. The third-order valence-electron chi connectivity index (χ3n) is 2.99. The zero-order valence-corrected chi connectivity index (χ0v) is 9.36. The lowest BCUT2D eigenvalue weighted by molar-refractivity contribution is 0.378. The fraction of sp³-hybridized carbons (Fsp3) is 0.600. The number of hydrogen-bond acceptors (Lipinski definition) is 3. The lowest BCUT2D eigenvalue weighted by atomic mass is 9.73. The Morgan fingerprint density at radius 1 is 1.54 bits per heavy atom. The van der Waals surface area contributed by atoms with E-state index in [-0.39, 0.29) is 11.5 Å². The van der Waals surface area contributed by atoms with Crippen molar-refractivity contribution in [3.63, 3.8) is 0 Å². The van der Waals surface area contributed by atoms with Gasteiger partial charge in [0.1, 0.15) is 0 Å². The first-order valence-electron chi connectivity index (χ1n) is 4.45. The highest BCUT2D eigenvalue weighted by atomic mass is 32.1. The van der Waals surface area contributed by atoms with Crippen LogP contribution in [0.5, 0.6) is 0 Å². The van der Waals surface area contributed by atoms with Crippen molar-refractivity contribution in [3.05, 3.63) is 22.9 Å². The Morgan fingerprint density at radius 2 is 2.08 bits per heavy atom. The summed E-state index contributed by atoms with van der Waals surface area (Å²) in [5.41, 5.74) is 15.1. The first kappa shape index (κ1) is 10.7. The van der Waals surface area contributed by atoms with Crippen LogP contribution in [0.15, 0.2) is 22.9 Å². The maximum atomic E-state index is 6.09. The van der Waals surface area contributed by atoms with Crippen molar-refractivity contribution < 1.29 is 0 Å². The predicted molar refractivity (Wildman–Crippen MR) is 60.6 cm³/mol. The van der Waals surface area contributed by atoms with Gasteiger partial charge < -0.3 is 11.5 Å². The van der Waals surface area contributed by atoms with E-state index in [9.17, 15) is 0 Å². The van der Waals surface area contributed by atoms with Gasteiger partial charge in [-0.3, -0.25) is 0 Å². The summed E-state index contributed by atoms with van der Waals surface area (Å²) in [6.07, 6.45) is 2.06. The van der Waals surface area contributed by atoms with Gasteiger partial charge in [0, 0.05) is 22.9 Å². The maximum absolute atomic E-state index is 6.09. The molecule has 0 amide bonds. The van der Waals surface area contributed by atoms with Gasteiger partial charge in [0.2, 0.25) is 0 Å². The topological polar surface area (TPSA) is 52.0 Å². The molecule has 0 fully saturated rings. The Labute approximate surface area is 85.5 Å². The second kappa shape index (κ2) is 3.39. The smallest absolute Gasteiger partial charge is 0.0372 e. The molecular formula is C10H18N2S. The fourth-order valence-corrected chi connectivity index (χ4v) is 2.18. The number of thiol groups is 1. The van der Waals surface area contributed by atoms with Crippen molar-refractivity contribution in [2.24, 2.45) is 16.9 Å². The highest BCUT2D eigenvalue weighted by Gasteiger charge is 2.37. The van der Waals surface area contributed by atoms with E-state index in [1.165, 1.54) is 5.57 Å². The monoisotopic (exact) mass is 198 g/mol.